The number of nitrogens with one attached hydrogen (secondary N) is 1. The maximum Gasteiger partial charge on any atom is 0.372 e. The molecular weight excluding hydrogens is 328 g/mol. The van der Waals surface area contributed by atoms with Crippen molar-refractivity contribution in [3.05, 3.63) is 64.9 Å². The van der Waals surface area contributed by atoms with Gasteiger partial charge in [0.25, 0.3) is 0 Å². The number of piperazine rings is 1. The van der Waals surface area contributed by atoms with Gasteiger partial charge in [0.05, 0.1) is 5.69 Å². The molecule has 2 heterocycles. The van der Waals surface area contributed by atoms with Crippen LogP contribution in [0.2, 0.25) is 0 Å². The predicted octanol–water partition coefficient (Wildman–Crippen LogP) is 3.44. The molecule has 5 nitrogen and oxygen atoms in total. The topological polar surface area (TPSA) is 65.7 Å². The molecule has 5 heteroatoms. The van der Waals surface area contributed by atoms with Crippen molar-refractivity contribution in [1.82, 2.24) is 5.32 Å². The first-order valence-electron chi connectivity index (χ1n) is 8.92. The minimum atomic E-state index is -1.02. The van der Waals surface area contributed by atoms with Crippen molar-refractivity contribution < 1.29 is 14.3 Å². The molecule has 1 aliphatic rings. The molecule has 1 aromatic heterocycles. The van der Waals surface area contributed by atoms with Crippen LogP contribution in [0.4, 0.5) is 5.69 Å². The molecule has 0 amide bonds. The summed E-state index contributed by atoms with van der Waals surface area (Å²) in [6.07, 6.45) is 0.542. The molecule has 1 aliphatic heterocycles. The molecule has 3 aromatic rings. The SMILES string of the molecule is Cc1cc(N2CCNCC2)c2oc(C(=O)O)c(Cc3ccccc3)c2c1. The number of aromatic carboxylic acids is 1. The molecule has 0 unspecified atom stereocenters. The Labute approximate surface area is 152 Å². The van der Waals surface area contributed by atoms with Gasteiger partial charge in [-0.15, -0.1) is 0 Å². The summed E-state index contributed by atoms with van der Waals surface area (Å²) in [5.41, 5.74) is 4.60. The molecule has 0 atom stereocenters. The fraction of sp³-hybridized carbons (Fsp3) is 0.286. The maximum absolute atomic E-state index is 11.8. The van der Waals surface area contributed by atoms with E-state index in [0.717, 1.165) is 53.9 Å². The van der Waals surface area contributed by atoms with Gasteiger partial charge in [0.2, 0.25) is 5.76 Å². The summed E-state index contributed by atoms with van der Waals surface area (Å²) >= 11 is 0. The molecule has 0 radical (unpaired) electrons. The van der Waals surface area contributed by atoms with Crippen LogP contribution in [0.5, 0.6) is 0 Å². The van der Waals surface area contributed by atoms with E-state index >= 15 is 0 Å². The Hall–Kier alpha value is -2.79. The van der Waals surface area contributed by atoms with Gasteiger partial charge in [-0.3, -0.25) is 0 Å². The van der Waals surface area contributed by atoms with Gasteiger partial charge in [-0.2, -0.15) is 0 Å². The van der Waals surface area contributed by atoms with Crippen molar-refractivity contribution in [1.29, 1.82) is 0 Å². The van der Waals surface area contributed by atoms with Crippen LogP contribution < -0.4 is 10.2 Å². The lowest BCUT2D eigenvalue weighted by molar-refractivity contribution is 0.0663. The second-order valence-corrected chi connectivity index (χ2v) is 6.78. The first kappa shape index (κ1) is 16.7. The van der Waals surface area contributed by atoms with Gasteiger partial charge in [0.1, 0.15) is 0 Å². The summed E-state index contributed by atoms with van der Waals surface area (Å²) in [7, 11) is 0. The van der Waals surface area contributed by atoms with E-state index in [1.54, 1.807) is 0 Å². The van der Waals surface area contributed by atoms with Crippen LogP contribution >= 0.6 is 0 Å². The third-order valence-corrected chi connectivity index (χ3v) is 4.89. The van der Waals surface area contributed by atoms with E-state index in [-0.39, 0.29) is 5.76 Å². The molecule has 2 N–H and O–H groups in total. The Morgan fingerprint density at radius 1 is 1.19 bits per heavy atom. The van der Waals surface area contributed by atoms with Crippen molar-refractivity contribution in [2.24, 2.45) is 0 Å². The zero-order valence-corrected chi connectivity index (χ0v) is 14.8. The highest BCUT2D eigenvalue weighted by Crippen LogP contribution is 2.36. The van der Waals surface area contributed by atoms with E-state index < -0.39 is 5.97 Å². The zero-order chi connectivity index (χ0) is 18.1. The molecule has 0 spiro atoms. The smallest absolute Gasteiger partial charge is 0.372 e. The number of fused-ring (bicyclic) bond motifs is 1. The number of rotatable bonds is 4. The third-order valence-electron chi connectivity index (χ3n) is 4.89. The van der Waals surface area contributed by atoms with Crippen LogP contribution in [-0.2, 0) is 6.42 Å². The average molecular weight is 350 g/mol. The lowest BCUT2D eigenvalue weighted by Gasteiger charge is -2.29. The monoisotopic (exact) mass is 350 g/mol. The van der Waals surface area contributed by atoms with Gasteiger partial charge in [-0.1, -0.05) is 30.3 Å². The Balaban J connectivity index is 1.88. The van der Waals surface area contributed by atoms with Crippen molar-refractivity contribution in [2.75, 3.05) is 31.1 Å². The number of anilines is 1. The van der Waals surface area contributed by atoms with Gasteiger partial charge < -0.3 is 19.7 Å². The summed E-state index contributed by atoms with van der Waals surface area (Å²) in [5, 5.41) is 13.9. The molecule has 0 saturated carbocycles. The van der Waals surface area contributed by atoms with Crippen LogP contribution in [0, 0.1) is 6.92 Å². The minimum absolute atomic E-state index is 0.0471. The van der Waals surface area contributed by atoms with Gasteiger partial charge in [0.15, 0.2) is 5.58 Å². The average Bonchev–Trinajstić information content (AvgIpc) is 3.01. The summed E-state index contributed by atoms with van der Waals surface area (Å²) in [6, 6.07) is 14.0. The predicted molar refractivity (Wildman–Crippen MR) is 102 cm³/mol. The van der Waals surface area contributed by atoms with Crippen molar-refractivity contribution in [3.63, 3.8) is 0 Å². The Morgan fingerprint density at radius 2 is 1.92 bits per heavy atom. The molecule has 134 valence electrons. The number of carbonyl (C=O) groups is 1. The third kappa shape index (κ3) is 3.06. The van der Waals surface area contributed by atoms with Crippen LogP contribution in [0.1, 0.15) is 27.2 Å². The lowest BCUT2D eigenvalue weighted by Crippen LogP contribution is -2.43. The molecule has 0 bridgehead atoms. The van der Waals surface area contributed by atoms with Crippen LogP contribution in [0.15, 0.2) is 46.9 Å². The number of benzene rings is 2. The summed E-state index contributed by atoms with van der Waals surface area (Å²) in [4.78, 5) is 14.1. The second-order valence-electron chi connectivity index (χ2n) is 6.78. The van der Waals surface area contributed by atoms with E-state index in [4.69, 9.17) is 4.42 Å². The van der Waals surface area contributed by atoms with E-state index in [0.29, 0.717) is 12.0 Å². The first-order valence-corrected chi connectivity index (χ1v) is 8.92. The Morgan fingerprint density at radius 3 is 2.62 bits per heavy atom. The fourth-order valence-corrected chi connectivity index (χ4v) is 3.66. The van der Waals surface area contributed by atoms with E-state index in [1.165, 1.54) is 0 Å². The summed E-state index contributed by atoms with van der Waals surface area (Å²) < 4.78 is 5.91. The standard InChI is InChI=1S/C21H22N2O3/c1-14-11-16-17(13-15-5-3-2-4-6-15)20(21(24)25)26-19(16)18(12-14)23-9-7-22-8-10-23/h2-6,11-12,22H,7-10,13H2,1H3,(H,24,25). The molecule has 2 aromatic carbocycles. The molecule has 0 aliphatic carbocycles. The highest BCUT2D eigenvalue weighted by atomic mass is 16.4. The van der Waals surface area contributed by atoms with Gasteiger partial charge in [-0.05, 0) is 30.2 Å². The van der Waals surface area contributed by atoms with Gasteiger partial charge in [0, 0.05) is 43.5 Å². The summed E-state index contributed by atoms with van der Waals surface area (Å²) in [5.74, 6) is -0.970. The zero-order valence-electron chi connectivity index (χ0n) is 14.8. The van der Waals surface area contributed by atoms with Gasteiger partial charge >= 0.3 is 5.97 Å². The van der Waals surface area contributed by atoms with E-state index in [2.05, 4.69) is 16.3 Å². The molecule has 26 heavy (non-hydrogen) atoms. The lowest BCUT2D eigenvalue weighted by atomic mass is 10.00. The molecule has 4 rings (SSSR count). The highest BCUT2D eigenvalue weighted by Gasteiger charge is 2.24. The Bertz CT molecular complexity index is 941. The van der Waals surface area contributed by atoms with Crippen molar-refractivity contribution >= 4 is 22.6 Å². The number of carboxylic acids is 1. The van der Waals surface area contributed by atoms with Gasteiger partial charge in [-0.25, -0.2) is 4.79 Å². The van der Waals surface area contributed by atoms with E-state index in [1.807, 2.05) is 43.3 Å². The highest BCUT2D eigenvalue weighted by molar-refractivity contribution is 6.00. The summed E-state index contributed by atoms with van der Waals surface area (Å²) in [6.45, 7) is 5.65. The number of hydrogen-bond donors (Lipinski definition) is 2. The van der Waals surface area contributed by atoms with Crippen LogP contribution in [-0.4, -0.2) is 37.3 Å². The van der Waals surface area contributed by atoms with Crippen LogP contribution in [0.25, 0.3) is 11.0 Å². The maximum atomic E-state index is 11.8. The number of carboxylic acid groups (broad SMARTS) is 1. The minimum Gasteiger partial charge on any atom is -0.475 e. The first-order chi connectivity index (χ1) is 12.6. The quantitative estimate of drug-likeness (QED) is 0.755. The fourth-order valence-electron chi connectivity index (χ4n) is 3.66. The number of hydrogen-bond acceptors (Lipinski definition) is 4. The molecular formula is C21H22N2O3. The van der Waals surface area contributed by atoms with Crippen LogP contribution in [0.3, 0.4) is 0 Å². The number of aryl methyl sites for hydroxylation is 1. The van der Waals surface area contributed by atoms with E-state index in [9.17, 15) is 9.90 Å². The normalized spacial score (nSPS) is 14.7. The molecule has 1 fully saturated rings. The number of nitrogens with zero attached hydrogens (tertiary/aromatic N) is 1. The second kappa shape index (κ2) is 6.84. The number of furan rings is 1. The van der Waals surface area contributed by atoms with Crippen molar-refractivity contribution in [3.8, 4) is 0 Å². The molecule has 1 saturated heterocycles. The van der Waals surface area contributed by atoms with Crippen molar-refractivity contribution in [2.45, 2.75) is 13.3 Å². The Kier molecular flexibility index (Phi) is 4.39. The largest absolute Gasteiger partial charge is 0.475 e.